The van der Waals surface area contributed by atoms with Gasteiger partial charge in [0, 0.05) is 5.02 Å². The molecule has 0 fully saturated rings. The number of carbonyl (C=O) groups is 1. The molecule has 8 heteroatoms. The van der Waals surface area contributed by atoms with E-state index in [0.717, 1.165) is 18.2 Å². The summed E-state index contributed by atoms with van der Waals surface area (Å²) in [6, 6.07) is 7.36. The molecule has 0 saturated carbocycles. The second kappa shape index (κ2) is 6.13. The standard InChI is InChI=1S/C15H9ClF2N4O/c16-9-1-4-14(22-8-19-7-20-22)13(5-9)21-15(23)11-6-10(17)2-3-12(11)18/h1-8H,(H,21,23). The SMILES string of the molecule is O=C(Nc1cc(Cl)ccc1-n1cncn1)c1cc(F)ccc1F. The fraction of sp³-hybridized carbons (Fsp3) is 0. The van der Waals surface area contributed by atoms with Crippen molar-refractivity contribution in [2.75, 3.05) is 5.32 Å². The van der Waals surface area contributed by atoms with Crippen LogP contribution in [0.15, 0.2) is 49.1 Å². The largest absolute Gasteiger partial charge is 0.320 e. The average molecular weight is 335 g/mol. The number of anilines is 1. The molecular formula is C15H9ClF2N4O. The zero-order chi connectivity index (χ0) is 16.4. The maximum Gasteiger partial charge on any atom is 0.258 e. The number of halogens is 3. The number of aromatic nitrogens is 3. The van der Waals surface area contributed by atoms with Gasteiger partial charge in [-0.05, 0) is 36.4 Å². The van der Waals surface area contributed by atoms with E-state index < -0.39 is 23.1 Å². The van der Waals surface area contributed by atoms with Crippen molar-refractivity contribution < 1.29 is 13.6 Å². The first kappa shape index (κ1) is 15.1. The van der Waals surface area contributed by atoms with E-state index in [2.05, 4.69) is 15.4 Å². The quantitative estimate of drug-likeness (QED) is 0.798. The molecule has 5 nitrogen and oxygen atoms in total. The van der Waals surface area contributed by atoms with Crippen LogP contribution in [0, 0.1) is 11.6 Å². The van der Waals surface area contributed by atoms with Gasteiger partial charge in [-0.15, -0.1) is 0 Å². The van der Waals surface area contributed by atoms with Crippen molar-refractivity contribution in [3.8, 4) is 5.69 Å². The van der Waals surface area contributed by atoms with Crippen LogP contribution in [0.2, 0.25) is 5.02 Å². The van der Waals surface area contributed by atoms with Crippen molar-refractivity contribution in [3.05, 3.63) is 71.3 Å². The fourth-order valence-corrected chi connectivity index (χ4v) is 2.17. The lowest BCUT2D eigenvalue weighted by atomic mass is 10.2. The van der Waals surface area contributed by atoms with E-state index in [4.69, 9.17) is 11.6 Å². The van der Waals surface area contributed by atoms with Crippen LogP contribution >= 0.6 is 11.6 Å². The van der Waals surface area contributed by atoms with Crippen molar-refractivity contribution in [1.82, 2.24) is 14.8 Å². The summed E-state index contributed by atoms with van der Waals surface area (Å²) in [5.41, 5.74) is 0.364. The van der Waals surface area contributed by atoms with Crippen LogP contribution in [0.5, 0.6) is 0 Å². The molecule has 1 heterocycles. The molecule has 3 aromatic rings. The molecule has 1 aromatic heterocycles. The highest BCUT2D eigenvalue weighted by Gasteiger charge is 2.16. The molecule has 0 atom stereocenters. The van der Waals surface area contributed by atoms with Crippen LogP contribution in [0.4, 0.5) is 14.5 Å². The highest BCUT2D eigenvalue weighted by Crippen LogP contribution is 2.25. The van der Waals surface area contributed by atoms with Gasteiger partial charge < -0.3 is 5.32 Å². The van der Waals surface area contributed by atoms with E-state index >= 15 is 0 Å². The molecule has 0 aliphatic heterocycles. The lowest BCUT2D eigenvalue weighted by Crippen LogP contribution is -2.16. The zero-order valence-corrected chi connectivity index (χ0v) is 12.3. The Labute approximate surface area is 134 Å². The van der Waals surface area contributed by atoms with Gasteiger partial charge in [0.1, 0.15) is 24.3 Å². The maximum atomic E-state index is 13.7. The van der Waals surface area contributed by atoms with Crippen molar-refractivity contribution >= 4 is 23.2 Å². The van der Waals surface area contributed by atoms with Crippen LogP contribution in [-0.2, 0) is 0 Å². The molecule has 0 spiro atoms. The highest BCUT2D eigenvalue weighted by atomic mass is 35.5. The van der Waals surface area contributed by atoms with Gasteiger partial charge in [-0.25, -0.2) is 18.4 Å². The minimum atomic E-state index is -0.826. The summed E-state index contributed by atoms with van der Waals surface area (Å²) in [6.45, 7) is 0. The molecule has 0 saturated heterocycles. The zero-order valence-electron chi connectivity index (χ0n) is 11.5. The van der Waals surface area contributed by atoms with Crippen LogP contribution in [0.25, 0.3) is 5.69 Å². The Morgan fingerprint density at radius 2 is 2.00 bits per heavy atom. The van der Waals surface area contributed by atoms with Gasteiger partial charge in [0.05, 0.1) is 16.9 Å². The predicted octanol–water partition coefficient (Wildman–Crippen LogP) is 3.45. The first-order valence-electron chi connectivity index (χ1n) is 6.45. The number of carbonyl (C=O) groups excluding carboxylic acids is 1. The van der Waals surface area contributed by atoms with Crippen LogP contribution in [0.1, 0.15) is 10.4 Å². The smallest absolute Gasteiger partial charge is 0.258 e. The predicted molar refractivity (Wildman–Crippen MR) is 80.7 cm³/mol. The van der Waals surface area contributed by atoms with Crippen LogP contribution < -0.4 is 5.32 Å². The Morgan fingerprint density at radius 1 is 1.17 bits per heavy atom. The molecule has 1 N–H and O–H groups in total. The third kappa shape index (κ3) is 3.19. The van der Waals surface area contributed by atoms with E-state index in [9.17, 15) is 13.6 Å². The number of hydrogen-bond acceptors (Lipinski definition) is 3. The van der Waals surface area contributed by atoms with Crippen LogP contribution in [0.3, 0.4) is 0 Å². The Kier molecular flexibility index (Phi) is 4.03. The lowest BCUT2D eigenvalue weighted by molar-refractivity contribution is 0.102. The third-order valence-electron chi connectivity index (χ3n) is 3.05. The Hall–Kier alpha value is -2.80. The van der Waals surface area contributed by atoms with E-state index in [1.165, 1.54) is 23.4 Å². The molecule has 0 aliphatic carbocycles. The molecule has 0 unspecified atom stereocenters. The maximum absolute atomic E-state index is 13.7. The Bertz CT molecular complexity index is 868. The summed E-state index contributed by atoms with van der Waals surface area (Å²) < 4.78 is 28.3. The average Bonchev–Trinajstić information content (AvgIpc) is 3.04. The lowest BCUT2D eigenvalue weighted by Gasteiger charge is -2.11. The van der Waals surface area contributed by atoms with E-state index in [1.807, 2.05) is 0 Å². The first-order chi connectivity index (χ1) is 11.0. The van der Waals surface area contributed by atoms with Gasteiger partial charge in [0.2, 0.25) is 0 Å². The van der Waals surface area contributed by atoms with Gasteiger partial charge in [-0.1, -0.05) is 11.6 Å². The van der Waals surface area contributed by atoms with Gasteiger partial charge in [-0.3, -0.25) is 4.79 Å². The monoisotopic (exact) mass is 334 g/mol. The van der Waals surface area contributed by atoms with Gasteiger partial charge in [-0.2, -0.15) is 5.10 Å². The second-order valence-corrected chi connectivity index (χ2v) is 5.02. The summed E-state index contributed by atoms with van der Waals surface area (Å²) in [5, 5.41) is 6.84. The van der Waals surface area contributed by atoms with Gasteiger partial charge in [0.15, 0.2) is 0 Å². The summed E-state index contributed by atoms with van der Waals surface area (Å²) >= 11 is 5.93. The number of benzene rings is 2. The molecule has 0 radical (unpaired) electrons. The summed E-state index contributed by atoms with van der Waals surface area (Å²) in [5.74, 6) is -2.34. The van der Waals surface area contributed by atoms with Crippen molar-refractivity contribution in [2.45, 2.75) is 0 Å². The van der Waals surface area contributed by atoms with Gasteiger partial charge in [0.25, 0.3) is 5.91 Å². The molecule has 0 bridgehead atoms. The molecule has 2 aromatic carbocycles. The summed E-state index contributed by atoms with van der Waals surface area (Å²) in [7, 11) is 0. The number of rotatable bonds is 3. The second-order valence-electron chi connectivity index (χ2n) is 4.58. The number of amides is 1. The molecule has 116 valence electrons. The van der Waals surface area contributed by atoms with E-state index in [1.54, 1.807) is 12.1 Å². The van der Waals surface area contributed by atoms with Crippen molar-refractivity contribution in [1.29, 1.82) is 0 Å². The molecular weight excluding hydrogens is 326 g/mol. The molecule has 1 amide bonds. The number of hydrogen-bond donors (Lipinski definition) is 1. The number of nitrogens with zero attached hydrogens (tertiary/aromatic N) is 3. The third-order valence-corrected chi connectivity index (χ3v) is 3.28. The first-order valence-corrected chi connectivity index (χ1v) is 6.83. The number of nitrogens with one attached hydrogen (secondary N) is 1. The Balaban J connectivity index is 1.98. The highest BCUT2D eigenvalue weighted by molar-refractivity contribution is 6.31. The topological polar surface area (TPSA) is 59.8 Å². The van der Waals surface area contributed by atoms with E-state index in [-0.39, 0.29) is 5.69 Å². The minimum Gasteiger partial charge on any atom is -0.320 e. The molecule has 23 heavy (non-hydrogen) atoms. The molecule has 0 aliphatic rings. The molecule has 3 rings (SSSR count). The Morgan fingerprint density at radius 3 is 2.74 bits per heavy atom. The fourth-order valence-electron chi connectivity index (χ4n) is 2.00. The normalized spacial score (nSPS) is 10.6. The summed E-state index contributed by atoms with van der Waals surface area (Å²) in [6.07, 6.45) is 2.76. The minimum absolute atomic E-state index is 0.289. The summed E-state index contributed by atoms with van der Waals surface area (Å²) in [4.78, 5) is 16.0. The van der Waals surface area contributed by atoms with Crippen molar-refractivity contribution in [3.63, 3.8) is 0 Å². The van der Waals surface area contributed by atoms with Crippen LogP contribution in [-0.4, -0.2) is 20.7 Å². The van der Waals surface area contributed by atoms with Gasteiger partial charge >= 0.3 is 0 Å². The van der Waals surface area contributed by atoms with E-state index in [0.29, 0.717) is 10.7 Å². The van der Waals surface area contributed by atoms with Crippen molar-refractivity contribution in [2.24, 2.45) is 0 Å².